The minimum Gasteiger partial charge on any atom is -0.325 e. The van der Waals surface area contributed by atoms with E-state index in [4.69, 9.17) is 0 Å². The fourth-order valence-corrected chi connectivity index (χ4v) is 4.91. The summed E-state index contributed by atoms with van der Waals surface area (Å²) < 4.78 is 27.5. The first-order valence-corrected chi connectivity index (χ1v) is 13.2. The fourth-order valence-electron chi connectivity index (χ4n) is 3.05. The van der Waals surface area contributed by atoms with Crippen molar-refractivity contribution in [3.63, 3.8) is 0 Å². The molecule has 3 aromatic rings. The van der Waals surface area contributed by atoms with Gasteiger partial charge in [0, 0.05) is 23.3 Å². The number of carbonyl (C=O) groups is 1. The van der Waals surface area contributed by atoms with E-state index in [-0.39, 0.29) is 16.8 Å². The maximum absolute atomic E-state index is 12.7. The Hall–Kier alpha value is -3.49. The highest BCUT2D eigenvalue weighted by atomic mass is 32.2. The summed E-state index contributed by atoms with van der Waals surface area (Å²) in [4.78, 5) is 25.3. The second-order valence-corrected chi connectivity index (χ2v) is 11.3. The molecule has 0 radical (unpaired) electrons. The first kappa shape index (κ1) is 26.1. The molecule has 35 heavy (non-hydrogen) atoms. The molecule has 1 unspecified atom stereocenters. The molecule has 0 spiro atoms. The summed E-state index contributed by atoms with van der Waals surface area (Å²) in [5.74, 6) is 0.105. The van der Waals surface area contributed by atoms with Crippen molar-refractivity contribution in [3.8, 4) is 6.07 Å². The Morgan fingerprint density at radius 2 is 1.80 bits per heavy atom. The minimum absolute atomic E-state index is 0.00728. The molecule has 1 atom stereocenters. The third-order valence-corrected chi connectivity index (χ3v) is 7.21. The molecular weight excluding hydrogens is 484 g/mol. The molecule has 0 saturated carbocycles. The van der Waals surface area contributed by atoms with Crippen molar-refractivity contribution in [2.24, 2.45) is 5.92 Å². The van der Waals surface area contributed by atoms with E-state index in [2.05, 4.69) is 44.9 Å². The Balaban J connectivity index is 1.67. The summed E-state index contributed by atoms with van der Waals surface area (Å²) in [6, 6.07) is 13.1. The van der Waals surface area contributed by atoms with Crippen molar-refractivity contribution in [2.45, 2.75) is 49.3 Å². The second-order valence-electron chi connectivity index (χ2n) is 8.27. The van der Waals surface area contributed by atoms with Crippen LogP contribution in [0.3, 0.4) is 0 Å². The number of rotatable bonds is 9. The van der Waals surface area contributed by atoms with E-state index in [1.807, 2.05) is 6.07 Å². The SMILES string of the molecule is Cc1ccnc(NS(=O)(=O)c2ccc(NC(=O)C(C)Sc3nc(CC(C)C)ccc3C#N)cc2)n1. The summed E-state index contributed by atoms with van der Waals surface area (Å²) in [7, 11) is -3.88. The molecular formula is C24H26N6O3S2. The third-order valence-electron chi connectivity index (χ3n) is 4.77. The number of aromatic nitrogens is 3. The minimum atomic E-state index is -3.88. The van der Waals surface area contributed by atoms with E-state index in [9.17, 15) is 18.5 Å². The molecule has 0 fully saturated rings. The van der Waals surface area contributed by atoms with Crippen LogP contribution in [-0.4, -0.2) is 34.5 Å². The van der Waals surface area contributed by atoms with Crippen LogP contribution in [0.1, 0.15) is 37.7 Å². The summed E-state index contributed by atoms with van der Waals surface area (Å²) in [6.07, 6.45) is 2.24. The monoisotopic (exact) mass is 510 g/mol. The van der Waals surface area contributed by atoms with Crippen molar-refractivity contribution in [1.82, 2.24) is 15.0 Å². The highest BCUT2D eigenvalue weighted by molar-refractivity contribution is 8.00. The number of hydrogen-bond donors (Lipinski definition) is 2. The smallest absolute Gasteiger partial charge is 0.264 e. The fraction of sp³-hybridized carbons (Fsp3) is 0.292. The zero-order valence-electron chi connectivity index (χ0n) is 19.8. The number of thioether (sulfide) groups is 1. The van der Waals surface area contributed by atoms with Crippen molar-refractivity contribution in [2.75, 3.05) is 10.0 Å². The van der Waals surface area contributed by atoms with Gasteiger partial charge in [-0.3, -0.25) is 4.79 Å². The van der Waals surface area contributed by atoms with Crippen LogP contribution in [0.15, 0.2) is 58.6 Å². The van der Waals surface area contributed by atoms with Crippen LogP contribution in [0, 0.1) is 24.2 Å². The van der Waals surface area contributed by atoms with E-state index < -0.39 is 15.3 Å². The first-order valence-electron chi connectivity index (χ1n) is 10.9. The molecule has 1 amide bonds. The number of anilines is 2. The van der Waals surface area contributed by atoms with E-state index in [1.165, 1.54) is 42.2 Å². The Morgan fingerprint density at radius 3 is 2.43 bits per heavy atom. The highest BCUT2D eigenvalue weighted by Gasteiger charge is 2.20. The standard InChI is InChI=1S/C24H26N6O3S2/c1-15(2)13-20-6-5-18(14-25)23(29-20)34-17(4)22(31)28-19-7-9-21(10-8-19)35(32,33)30-24-26-12-11-16(3)27-24/h5-12,15,17H,13H2,1-4H3,(H,28,31)(H,26,27,30). The number of amides is 1. The Morgan fingerprint density at radius 1 is 1.09 bits per heavy atom. The summed E-state index contributed by atoms with van der Waals surface area (Å²) >= 11 is 1.21. The second kappa shape index (κ2) is 11.3. The Labute approximate surface area is 209 Å². The normalized spacial score (nSPS) is 12.1. The number of nitrogens with zero attached hydrogens (tertiary/aromatic N) is 4. The van der Waals surface area contributed by atoms with Gasteiger partial charge in [-0.1, -0.05) is 25.6 Å². The molecule has 0 bridgehead atoms. The Bertz CT molecular complexity index is 1350. The van der Waals surface area contributed by atoms with Crippen LogP contribution in [0.2, 0.25) is 0 Å². The maximum atomic E-state index is 12.7. The number of benzene rings is 1. The number of hydrogen-bond acceptors (Lipinski definition) is 8. The molecule has 11 heteroatoms. The van der Waals surface area contributed by atoms with E-state index >= 15 is 0 Å². The molecule has 1 aromatic carbocycles. The Kier molecular flexibility index (Phi) is 8.43. The molecule has 0 aliphatic rings. The van der Waals surface area contributed by atoms with Crippen LogP contribution in [0.25, 0.3) is 0 Å². The van der Waals surface area contributed by atoms with Gasteiger partial charge >= 0.3 is 0 Å². The number of sulfonamides is 1. The van der Waals surface area contributed by atoms with Gasteiger partial charge in [-0.2, -0.15) is 5.26 Å². The third kappa shape index (κ3) is 7.24. The predicted octanol–water partition coefficient (Wildman–Crippen LogP) is 4.17. The number of aryl methyl sites for hydroxylation is 1. The topological polar surface area (TPSA) is 138 Å². The average Bonchev–Trinajstić information content (AvgIpc) is 2.79. The molecule has 0 aliphatic carbocycles. The van der Waals surface area contributed by atoms with Crippen LogP contribution in [0.5, 0.6) is 0 Å². The number of carbonyl (C=O) groups excluding carboxylic acids is 1. The zero-order chi connectivity index (χ0) is 25.6. The molecule has 9 nitrogen and oxygen atoms in total. The van der Waals surface area contributed by atoms with Crippen LogP contribution in [0.4, 0.5) is 11.6 Å². The largest absolute Gasteiger partial charge is 0.325 e. The van der Waals surface area contributed by atoms with Crippen LogP contribution in [-0.2, 0) is 21.2 Å². The lowest BCUT2D eigenvalue weighted by atomic mass is 10.1. The maximum Gasteiger partial charge on any atom is 0.264 e. The quantitative estimate of drug-likeness (QED) is 0.409. The van der Waals surface area contributed by atoms with Crippen molar-refractivity contribution < 1.29 is 13.2 Å². The number of nitriles is 1. The number of pyridine rings is 1. The van der Waals surface area contributed by atoms with Crippen LogP contribution >= 0.6 is 11.8 Å². The molecule has 3 rings (SSSR count). The number of nitrogens with one attached hydrogen (secondary N) is 2. The van der Waals surface area contributed by atoms with Crippen molar-refractivity contribution >= 4 is 39.3 Å². The molecule has 0 aliphatic heterocycles. The van der Waals surface area contributed by atoms with E-state index in [1.54, 1.807) is 26.0 Å². The lowest BCUT2D eigenvalue weighted by molar-refractivity contribution is -0.115. The van der Waals surface area contributed by atoms with Gasteiger partial charge in [-0.25, -0.2) is 28.1 Å². The lowest BCUT2D eigenvalue weighted by Gasteiger charge is -2.14. The van der Waals surface area contributed by atoms with Gasteiger partial charge in [-0.05, 0) is 68.7 Å². The molecule has 2 N–H and O–H groups in total. The van der Waals surface area contributed by atoms with Crippen molar-refractivity contribution in [3.05, 3.63) is 65.6 Å². The summed E-state index contributed by atoms with van der Waals surface area (Å²) in [5.41, 5.74) is 2.36. The predicted molar refractivity (Wildman–Crippen MR) is 135 cm³/mol. The van der Waals surface area contributed by atoms with Gasteiger partial charge in [0.05, 0.1) is 15.7 Å². The lowest BCUT2D eigenvalue weighted by Crippen LogP contribution is -2.23. The molecule has 2 heterocycles. The molecule has 182 valence electrons. The van der Waals surface area contributed by atoms with Gasteiger partial charge in [-0.15, -0.1) is 0 Å². The van der Waals surface area contributed by atoms with E-state index in [0.29, 0.717) is 27.9 Å². The summed E-state index contributed by atoms with van der Waals surface area (Å²) in [6.45, 7) is 7.63. The van der Waals surface area contributed by atoms with Gasteiger partial charge in [0.25, 0.3) is 10.0 Å². The van der Waals surface area contributed by atoms with Crippen LogP contribution < -0.4 is 10.0 Å². The summed E-state index contributed by atoms with van der Waals surface area (Å²) in [5, 5.41) is 12.2. The zero-order valence-corrected chi connectivity index (χ0v) is 21.4. The van der Waals surface area contributed by atoms with Crippen molar-refractivity contribution in [1.29, 1.82) is 5.26 Å². The van der Waals surface area contributed by atoms with Gasteiger partial charge in [0.2, 0.25) is 11.9 Å². The molecule has 0 saturated heterocycles. The van der Waals surface area contributed by atoms with Gasteiger partial charge < -0.3 is 5.32 Å². The van der Waals surface area contributed by atoms with Gasteiger partial charge in [0.1, 0.15) is 11.1 Å². The first-order chi connectivity index (χ1) is 16.6. The average molecular weight is 511 g/mol. The van der Waals surface area contributed by atoms with E-state index in [0.717, 1.165) is 12.1 Å². The molecule has 2 aromatic heterocycles. The highest BCUT2D eigenvalue weighted by Crippen LogP contribution is 2.27. The van der Waals surface area contributed by atoms with Gasteiger partial charge in [0.15, 0.2) is 0 Å².